The van der Waals surface area contributed by atoms with Crippen molar-refractivity contribution in [3.63, 3.8) is 0 Å². The van der Waals surface area contributed by atoms with Crippen molar-refractivity contribution in [2.45, 2.75) is 18.9 Å². The van der Waals surface area contributed by atoms with Crippen molar-refractivity contribution in [1.29, 1.82) is 0 Å². The van der Waals surface area contributed by atoms with Crippen molar-refractivity contribution in [2.75, 3.05) is 19.0 Å². The van der Waals surface area contributed by atoms with Gasteiger partial charge in [0, 0.05) is 6.54 Å². The van der Waals surface area contributed by atoms with Crippen LogP contribution in [0.15, 0.2) is 24.3 Å². The summed E-state index contributed by atoms with van der Waals surface area (Å²) >= 11 is 0. The van der Waals surface area contributed by atoms with Crippen LogP contribution < -0.4 is 10.1 Å². The van der Waals surface area contributed by atoms with Crippen molar-refractivity contribution < 1.29 is 14.6 Å². The Bertz CT molecular complexity index is 668. The lowest BCUT2D eigenvalue weighted by Gasteiger charge is -2.24. The molecule has 21 heavy (non-hydrogen) atoms. The molecule has 0 radical (unpaired) electrons. The highest BCUT2D eigenvalue weighted by Crippen LogP contribution is 2.30. The molecule has 1 unspecified atom stereocenters. The Hall–Kier alpha value is -2.57. The van der Waals surface area contributed by atoms with Crippen LogP contribution in [0.25, 0.3) is 0 Å². The first kappa shape index (κ1) is 13.4. The fourth-order valence-electron chi connectivity index (χ4n) is 2.52. The van der Waals surface area contributed by atoms with Crippen LogP contribution in [-0.2, 0) is 11.2 Å². The molecule has 2 N–H and O–H groups in total. The molecule has 0 aliphatic carbocycles. The van der Waals surface area contributed by atoms with Gasteiger partial charge < -0.3 is 15.2 Å². The van der Waals surface area contributed by atoms with Crippen LogP contribution in [0.4, 0.5) is 5.95 Å². The number of fused-ring (bicyclic) bond motifs is 1. The van der Waals surface area contributed by atoms with Crippen molar-refractivity contribution in [2.24, 2.45) is 0 Å². The van der Waals surface area contributed by atoms with Gasteiger partial charge >= 0.3 is 5.97 Å². The van der Waals surface area contributed by atoms with Crippen molar-refractivity contribution in [3.8, 4) is 5.75 Å². The zero-order chi connectivity index (χ0) is 14.8. The van der Waals surface area contributed by atoms with Crippen LogP contribution >= 0.6 is 0 Å². The quantitative estimate of drug-likeness (QED) is 0.882. The molecular weight excluding hydrogens is 272 g/mol. The van der Waals surface area contributed by atoms with E-state index >= 15 is 0 Å². The van der Waals surface area contributed by atoms with E-state index in [1.807, 2.05) is 24.3 Å². The molecular formula is C14H16N4O3. The molecule has 1 aliphatic rings. The van der Waals surface area contributed by atoms with E-state index in [1.165, 1.54) is 0 Å². The Labute approximate surface area is 121 Å². The van der Waals surface area contributed by atoms with Crippen LogP contribution in [-0.4, -0.2) is 39.5 Å². The highest BCUT2D eigenvalue weighted by atomic mass is 16.5. The molecule has 7 nitrogen and oxygen atoms in total. The molecule has 1 aromatic heterocycles. The lowest BCUT2D eigenvalue weighted by Crippen LogP contribution is -2.24. The minimum Gasteiger partial charge on any atom is -0.497 e. The number of nitrogens with one attached hydrogen (secondary N) is 1. The number of aliphatic carboxylic acids is 1. The normalized spacial score (nSPS) is 16.9. The topological polar surface area (TPSA) is 89.3 Å². The number of carboxylic acid groups (broad SMARTS) is 1. The maximum absolute atomic E-state index is 10.8. The van der Waals surface area contributed by atoms with Crippen LogP contribution in [0.1, 0.15) is 23.9 Å². The third-order valence-electron chi connectivity index (χ3n) is 3.46. The van der Waals surface area contributed by atoms with Gasteiger partial charge in [0.1, 0.15) is 12.2 Å². The van der Waals surface area contributed by atoms with Crippen molar-refractivity contribution >= 4 is 11.9 Å². The standard InChI is InChI=1S/C14H16N4O3/c1-21-10-4-2-3-9(7-10)11-5-6-15-14-16-12(8-13(19)20)17-18(11)14/h2-4,7,11H,5-6,8H2,1H3,(H,19,20)(H,15,16,17). The Balaban J connectivity index is 1.95. The maximum atomic E-state index is 10.8. The minimum atomic E-state index is -0.934. The van der Waals surface area contributed by atoms with Crippen LogP contribution in [0, 0.1) is 0 Å². The van der Waals surface area contributed by atoms with Crippen LogP contribution in [0.3, 0.4) is 0 Å². The molecule has 0 fully saturated rings. The summed E-state index contributed by atoms with van der Waals surface area (Å²) in [4.78, 5) is 15.0. The zero-order valence-electron chi connectivity index (χ0n) is 11.6. The molecule has 1 aromatic carbocycles. The van der Waals surface area contributed by atoms with Gasteiger partial charge in [-0.1, -0.05) is 12.1 Å². The first-order chi connectivity index (χ1) is 10.2. The molecule has 0 saturated carbocycles. The summed E-state index contributed by atoms with van der Waals surface area (Å²) in [7, 11) is 1.63. The van der Waals surface area contributed by atoms with Gasteiger partial charge in [-0.05, 0) is 24.1 Å². The number of nitrogens with zero attached hydrogens (tertiary/aromatic N) is 3. The number of methoxy groups -OCH3 is 1. The molecule has 3 rings (SSSR count). The smallest absolute Gasteiger partial charge is 0.311 e. The number of carboxylic acids is 1. The lowest BCUT2D eigenvalue weighted by molar-refractivity contribution is -0.136. The fourth-order valence-corrected chi connectivity index (χ4v) is 2.52. The van der Waals surface area contributed by atoms with Crippen molar-refractivity contribution in [3.05, 3.63) is 35.7 Å². The number of ether oxygens (including phenoxy) is 1. The highest BCUT2D eigenvalue weighted by Gasteiger charge is 2.25. The van der Waals surface area contributed by atoms with Crippen LogP contribution in [0.2, 0.25) is 0 Å². The number of carbonyl (C=O) groups is 1. The SMILES string of the molecule is COc1cccc(C2CCNc3nc(CC(=O)O)nn32)c1. The van der Waals surface area contributed by atoms with Gasteiger partial charge in [0.25, 0.3) is 0 Å². The number of hydrogen-bond acceptors (Lipinski definition) is 5. The predicted octanol–water partition coefficient (Wildman–Crippen LogP) is 1.32. The van der Waals surface area contributed by atoms with E-state index in [-0.39, 0.29) is 12.5 Å². The third-order valence-corrected chi connectivity index (χ3v) is 3.46. The van der Waals surface area contributed by atoms with Crippen LogP contribution in [0.5, 0.6) is 5.75 Å². The summed E-state index contributed by atoms with van der Waals surface area (Å²) in [5.74, 6) is 0.791. The Morgan fingerprint density at radius 2 is 2.43 bits per heavy atom. The van der Waals surface area contributed by atoms with Gasteiger partial charge in [-0.15, -0.1) is 0 Å². The van der Waals surface area contributed by atoms with E-state index in [0.717, 1.165) is 24.3 Å². The summed E-state index contributed by atoms with van der Waals surface area (Å²) in [5, 5.41) is 16.3. The van der Waals surface area contributed by atoms with E-state index in [2.05, 4.69) is 15.4 Å². The number of hydrogen-bond donors (Lipinski definition) is 2. The first-order valence-corrected chi connectivity index (χ1v) is 6.72. The Morgan fingerprint density at radius 3 is 3.19 bits per heavy atom. The number of anilines is 1. The van der Waals surface area contributed by atoms with Gasteiger partial charge in [-0.3, -0.25) is 4.79 Å². The molecule has 0 amide bonds. The molecule has 0 saturated heterocycles. The molecule has 2 heterocycles. The summed E-state index contributed by atoms with van der Waals surface area (Å²) < 4.78 is 7.01. The molecule has 0 spiro atoms. The Morgan fingerprint density at radius 1 is 1.57 bits per heavy atom. The van der Waals surface area contributed by atoms with Gasteiger partial charge in [-0.25, -0.2) is 4.68 Å². The second kappa shape index (κ2) is 5.43. The first-order valence-electron chi connectivity index (χ1n) is 6.72. The van der Waals surface area contributed by atoms with Crippen molar-refractivity contribution in [1.82, 2.24) is 14.8 Å². The summed E-state index contributed by atoms with van der Waals surface area (Å²) in [5.41, 5.74) is 1.07. The van der Waals surface area contributed by atoms with E-state index in [9.17, 15) is 4.79 Å². The largest absolute Gasteiger partial charge is 0.497 e. The zero-order valence-corrected chi connectivity index (χ0v) is 11.6. The average molecular weight is 288 g/mol. The lowest BCUT2D eigenvalue weighted by atomic mass is 10.0. The third kappa shape index (κ3) is 2.67. The molecule has 7 heteroatoms. The molecule has 0 bridgehead atoms. The second-order valence-corrected chi connectivity index (χ2v) is 4.87. The monoisotopic (exact) mass is 288 g/mol. The fraction of sp³-hybridized carbons (Fsp3) is 0.357. The van der Waals surface area contributed by atoms with Gasteiger partial charge in [0.15, 0.2) is 5.82 Å². The average Bonchev–Trinajstić information content (AvgIpc) is 2.88. The number of benzene rings is 1. The minimum absolute atomic E-state index is 0.0337. The number of rotatable bonds is 4. The summed E-state index contributed by atoms with van der Waals surface area (Å²) in [6.45, 7) is 0.771. The summed E-state index contributed by atoms with van der Waals surface area (Å²) in [6, 6.07) is 7.85. The highest BCUT2D eigenvalue weighted by molar-refractivity contribution is 5.69. The second-order valence-electron chi connectivity index (χ2n) is 4.87. The molecule has 1 aliphatic heterocycles. The van der Waals surface area contributed by atoms with Gasteiger partial charge in [0.05, 0.1) is 13.2 Å². The number of aromatic nitrogens is 3. The predicted molar refractivity (Wildman–Crippen MR) is 75.6 cm³/mol. The Kier molecular flexibility index (Phi) is 3.47. The molecule has 2 aromatic rings. The van der Waals surface area contributed by atoms with Gasteiger partial charge in [0.2, 0.25) is 5.95 Å². The maximum Gasteiger partial charge on any atom is 0.311 e. The van der Waals surface area contributed by atoms with E-state index in [4.69, 9.17) is 9.84 Å². The van der Waals surface area contributed by atoms with E-state index in [0.29, 0.717) is 11.8 Å². The molecule has 1 atom stereocenters. The van der Waals surface area contributed by atoms with E-state index < -0.39 is 5.97 Å². The molecule has 110 valence electrons. The summed E-state index contributed by atoms with van der Waals surface area (Å²) in [6.07, 6.45) is 0.683. The van der Waals surface area contributed by atoms with E-state index in [1.54, 1.807) is 11.8 Å². The van der Waals surface area contributed by atoms with Gasteiger partial charge in [-0.2, -0.15) is 10.1 Å².